The van der Waals surface area contributed by atoms with E-state index < -0.39 is 0 Å². The zero-order valence-corrected chi connectivity index (χ0v) is 11.6. The number of aromatic nitrogens is 2. The number of carbonyl (C=O) groups is 1. The van der Waals surface area contributed by atoms with Crippen molar-refractivity contribution in [2.75, 3.05) is 5.32 Å². The summed E-state index contributed by atoms with van der Waals surface area (Å²) in [6.07, 6.45) is 0.964. The maximum Gasteiger partial charge on any atom is 0.323 e. The Labute approximate surface area is 121 Å². The molecule has 0 radical (unpaired) electrons. The standard InChI is InChI=1S/C16H15N3O2/c1-2-10-3-6-12(7-4-10)17-15(20)11-5-8-13-14(9-11)19-16(21)18-13/h3-9H,2H2,1H3,(H,17,20)(H2,18,19,21). The van der Waals surface area contributed by atoms with Crippen molar-refractivity contribution in [2.24, 2.45) is 0 Å². The molecule has 5 nitrogen and oxygen atoms in total. The van der Waals surface area contributed by atoms with Crippen molar-refractivity contribution >= 4 is 22.6 Å². The second-order valence-corrected chi connectivity index (χ2v) is 4.84. The first-order valence-electron chi connectivity index (χ1n) is 6.78. The summed E-state index contributed by atoms with van der Waals surface area (Å²) in [5.41, 5.74) is 3.49. The molecule has 106 valence electrons. The van der Waals surface area contributed by atoms with E-state index in [2.05, 4.69) is 22.2 Å². The molecule has 5 heteroatoms. The lowest BCUT2D eigenvalue weighted by molar-refractivity contribution is 0.102. The second-order valence-electron chi connectivity index (χ2n) is 4.84. The molecule has 3 N–H and O–H groups in total. The molecule has 0 unspecified atom stereocenters. The van der Waals surface area contributed by atoms with Crippen molar-refractivity contribution in [3.05, 3.63) is 64.1 Å². The second kappa shape index (κ2) is 5.28. The van der Waals surface area contributed by atoms with E-state index in [4.69, 9.17) is 0 Å². The van der Waals surface area contributed by atoms with Gasteiger partial charge in [0.05, 0.1) is 11.0 Å². The average Bonchev–Trinajstić information content (AvgIpc) is 2.87. The zero-order chi connectivity index (χ0) is 14.8. The van der Waals surface area contributed by atoms with Crippen LogP contribution in [0.1, 0.15) is 22.8 Å². The highest BCUT2D eigenvalue weighted by Gasteiger charge is 2.08. The molecule has 0 spiro atoms. The third kappa shape index (κ3) is 2.72. The molecule has 0 aliphatic rings. The van der Waals surface area contributed by atoms with Gasteiger partial charge in [-0.2, -0.15) is 0 Å². The molecule has 0 bridgehead atoms. The smallest absolute Gasteiger partial charge is 0.322 e. The maximum absolute atomic E-state index is 12.2. The van der Waals surface area contributed by atoms with Gasteiger partial charge in [0.25, 0.3) is 5.91 Å². The number of H-pyrrole nitrogens is 2. The summed E-state index contributed by atoms with van der Waals surface area (Å²) in [7, 11) is 0. The normalized spacial score (nSPS) is 10.7. The van der Waals surface area contributed by atoms with Crippen molar-refractivity contribution < 1.29 is 4.79 Å². The van der Waals surface area contributed by atoms with Gasteiger partial charge in [0.15, 0.2) is 0 Å². The lowest BCUT2D eigenvalue weighted by atomic mass is 10.1. The van der Waals surface area contributed by atoms with Crippen molar-refractivity contribution in [3.8, 4) is 0 Å². The van der Waals surface area contributed by atoms with Crippen LogP contribution in [-0.2, 0) is 6.42 Å². The number of fused-ring (bicyclic) bond motifs is 1. The van der Waals surface area contributed by atoms with Crippen molar-refractivity contribution in [2.45, 2.75) is 13.3 Å². The van der Waals surface area contributed by atoms with Crippen molar-refractivity contribution in [1.82, 2.24) is 9.97 Å². The number of anilines is 1. The summed E-state index contributed by atoms with van der Waals surface area (Å²) in [5, 5.41) is 2.84. The Bertz CT molecular complexity index is 844. The summed E-state index contributed by atoms with van der Waals surface area (Å²) >= 11 is 0. The highest BCUT2D eigenvalue weighted by atomic mass is 16.2. The van der Waals surface area contributed by atoms with E-state index in [0.29, 0.717) is 16.6 Å². The molecule has 1 amide bonds. The SMILES string of the molecule is CCc1ccc(NC(=O)c2ccc3[nH]c(=O)[nH]c3c2)cc1. The van der Waals surface area contributed by atoms with E-state index in [0.717, 1.165) is 12.1 Å². The van der Waals surface area contributed by atoms with E-state index >= 15 is 0 Å². The van der Waals surface area contributed by atoms with Crippen LogP contribution < -0.4 is 11.0 Å². The summed E-state index contributed by atoms with van der Waals surface area (Å²) < 4.78 is 0. The summed E-state index contributed by atoms with van der Waals surface area (Å²) in [4.78, 5) is 28.7. The fraction of sp³-hybridized carbons (Fsp3) is 0.125. The predicted octanol–water partition coefficient (Wildman–Crippen LogP) is 2.67. The van der Waals surface area contributed by atoms with Gasteiger partial charge in [0.1, 0.15) is 0 Å². The zero-order valence-electron chi connectivity index (χ0n) is 11.6. The first-order chi connectivity index (χ1) is 10.2. The van der Waals surface area contributed by atoms with Crippen LogP contribution in [0.15, 0.2) is 47.3 Å². The molecule has 1 aromatic heterocycles. The van der Waals surface area contributed by atoms with Crippen LogP contribution >= 0.6 is 0 Å². The van der Waals surface area contributed by atoms with Gasteiger partial charge in [-0.25, -0.2) is 4.79 Å². The lowest BCUT2D eigenvalue weighted by Crippen LogP contribution is -2.11. The third-order valence-corrected chi connectivity index (χ3v) is 3.40. The van der Waals surface area contributed by atoms with Crippen LogP contribution in [0.2, 0.25) is 0 Å². The van der Waals surface area contributed by atoms with E-state index in [1.165, 1.54) is 5.56 Å². The maximum atomic E-state index is 12.2. The van der Waals surface area contributed by atoms with Crippen LogP contribution in [0, 0.1) is 0 Å². The van der Waals surface area contributed by atoms with Crippen LogP contribution in [-0.4, -0.2) is 15.9 Å². The molecule has 0 fully saturated rings. The largest absolute Gasteiger partial charge is 0.323 e. The van der Waals surface area contributed by atoms with Gasteiger partial charge in [-0.3, -0.25) is 4.79 Å². The molecule has 0 aliphatic carbocycles. The van der Waals surface area contributed by atoms with Crippen LogP contribution in [0.3, 0.4) is 0 Å². The number of hydrogen-bond donors (Lipinski definition) is 3. The molecule has 3 rings (SSSR count). The number of benzene rings is 2. The van der Waals surface area contributed by atoms with Gasteiger partial charge in [0, 0.05) is 11.3 Å². The molecule has 0 atom stereocenters. The lowest BCUT2D eigenvalue weighted by Gasteiger charge is -2.06. The molecule has 1 heterocycles. The summed E-state index contributed by atoms with van der Waals surface area (Å²) in [5.74, 6) is -0.205. The number of carbonyl (C=O) groups excluding carboxylic acids is 1. The highest BCUT2D eigenvalue weighted by Crippen LogP contribution is 2.14. The van der Waals surface area contributed by atoms with E-state index in [9.17, 15) is 9.59 Å². The molecule has 0 aliphatic heterocycles. The Morgan fingerprint density at radius 1 is 1.05 bits per heavy atom. The Balaban J connectivity index is 1.83. The number of nitrogens with one attached hydrogen (secondary N) is 3. The summed E-state index contributed by atoms with van der Waals surface area (Å²) in [6, 6.07) is 12.8. The van der Waals surface area contributed by atoms with Gasteiger partial charge in [-0.15, -0.1) is 0 Å². The topological polar surface area (TPSA) is 77.8 Å². The first kappa shape index (κ1) is 13.2. The number of aryl methyl sites for hydroxylation is 1. The Morgan fingerprint density at radius 3 is 2.48 bits per heavy atom. The fourth-order valence-electron chi connectivity index (χ4n) is 2.20. The van der Waals surface area contributed by atoms with Gasteiger partial charge in [0.2, 0.25) is 0 Å². The van der Waals surface area contributed by atoms with E-state index in [1.807, 2.05) is 24.3 Å². The first-order valence-corrected chi connectivity index (χ1v) is 6.78. The van der Waals surface area contributed by atoms with E-state index in [1.54, 1.807) is 18.2 Å². The molecule has 3 aromatic rings. The highest BCUT2D eigenvalue weighted by molar-refractivity contribution is 6.05. The monoisotopic (exact) mass is 281 g/mol. The minimum atomic E-state index is -0.280. The Morgan fingerprint density at radius 2 is 1.76 bits per heavy atom. The van der Waals surface area contributed by atoms with Crippen molar-refractivity contribution in [1.29, 1.82) is 0 Å². The number of amides is 1. The van der Waals surface area contributed by atoms with Gasteiger partial charge in [-0.05, 0) is 42.3 Å². The molecule has 0 saturated heterocycles. The minimum absolute atomic E-state index is 0.205. The van der Waals surface area contributed by atoms with E-state index in [-0.39, 0.29) is 11.6 Å². The number of hydrogen-bond acceptors (Lipinski definition) is 2. The third-order valence-electron chi connectivity index (χ3n) is 3.40. The average molecular weight is 281 g/mol. The fourth-order valence-corrected chi connectivity index (χ4v) is 2.20. The van der Waals surface area contributed by atoms with Crippen LogP contribution in [0.5, 0.6) is 0 Å². The number of rotatable bonds is 3. The Hall–Kier alpha value is -2.82. The predicted molar refractivity (Wildman–Crippen MR) is 82.7 cm³/mol. The van der Waals surface area contributed by atoms with Gasteiger partial charge >= 0.3 is 5.69 Å². The van der Waals surface area contributed by atoms with Gasteiger partial charge < -0.3 is 15.3 Å². The molecule has 0 saturated carbocycles. The molecular weight excluding hydrogens is 266 g/mol. The number of aromatic amines is 2. The van der Waals surface area contributed by atoms with Crippen LogP contribution in [0.25, 0.3) is 11.0 Å². The number of imidazole rings is 1. The molecular formula is C16H15N3O2. The van der Waals surface area contributed by atoms with Crippen LogP contribution in [0.4, 0.5) is 5.69 Å². The van der Waals surface area contributed by atoms with Crippen molar-refractivity contribution in [3.63, 3.8) is 0 Å². The van der Waals surface area contributed by atoms with Gasteiger partial charge in [-0.1, -0.05) is 19.1 Å². The Kier molecular flexibility index (Phi) is 3.31. The molecule has 21 heavy (non-hydrogen) atoms. The minimum Gasteiger partial charge on any atom is -0.322 e. The quantitative estimate of drug-likeness (QED) is 0.690. The summed E-state index contributed by atoms with van der Waals surface area (Å²) in [6.45, 7) is 2.08. The molecule has 2 aromatic carbocycles.